The van der Waals surface area contributed by atoms with Gasteiger partial charge in [0.25, 0.3) is 0 Å². The van der Waals surface area contributed by atoms with E-state index >= 15 is 0 Å². The third-order valence-electron chi connectivity index (χ3n) is 3.50. The largest absolute Gasteiger partial charge is 0.464 e. The van der Waals surface area contributed by atoms with Gasteiger partial charge in [-0.25, -0.2) is 9.78 Å². The predicted octanol–water partition coefficient (Wildman–Crippen LogP) is 3.55. The molecule has 0 saturated carbocycles. The normalized spacial score (nSPS) is 16.0. The number of hydrogen-bond donors (Lipinski definition) is 0. The van der Waals surface area contributed by atoms with Gasteiger partial charge in [0, 0.05) is 0 Å². The summed E-state index contributed by atoms with van der Waals surface area (Å²) < 4.78 is 43.9. The summed E-state index contributed by atoms with van der Waals surface area (Å²) in [5, 5.41) is 0. The number of carbonyl (C=O) groups excluding carboxylic acids is 1. The molecule has 1 aliphatic carbocycles. The molecule has 110 valence electrons. The first kappa shape index (κ1) is 14.8. The Morgan fingerprint density at radius 2 is 1.85 bits per heavy atom. The number of ether oxygens (including phenoxy) is 1. The number of aryl methyl sites for hydroxylation is 1. The molecule has 3 nitrogen and oxygen atoms in total. The quantitative estimate of drug-likeness (QED) is 0.741. The Morgan fingerprint density at radius 3 is 2.45 bits per heavy atom. The molecule has 1 heterocycles. The number of fused-ring (bicyclic) bond motifs is 1. The fourth-order valence-electron chi connectivity index (χ4n) is 2.54. The fraction of sp³-hybridized carbons (Fsp3) is 0.571. The lowest BCUT2D eigenvalue weighted by Crippen LogP contribution is -2.19. The molecule has 0 aromatic carbocycles. The number of carbonyl (C=O) groups is 1. The first-order valence-electron chi connectivity index (χ1n) is 6.62. The Labute approximate surface area is 115 Å². The molecule has 0 bridgehead atoms. The van der Waals surface area contributed by atoms with Gasteiger partial charge in [-0.2, -0.15) is 13.2 Å². The van der Waals surface area contributed by atoms with Crippen LogP contribution in [0.3, 0.4) is 0 Å². The Morgan fingerprint density at radius 1 is 1.20 bits per heavy atom. The highest BCUT2D eigenvalue weighted by Gasteiger charge is 2.37. The smallest absolute Gasteiger partial charge is 0.433 e. The zero-order valence-corrected chi connectivity index (χ0v) is 11.2. The summed E-state index contributed by atoms with van der Waals surface area (Å²) in [5.74, 6) is -0.833. The van der Waals surface area contributed by atoms with Crippen LogP contribution in [-0.4, -0.2) is 18.1 Å². The van der Waals surface area contributed by atoms with E-state index in [2.05, 4.69) is 9.72 Å². The Hall–Kier alpha value is -1.59. The van der Waals surface area contributed by atoms with Crippen LogP contribution in [0.25, 0.3) is 0 Å². The number of hydrogen-bond acceptors (Lipinski definition) is 3. The molecule has 0 N–H and O–H groups in total. The third-order valence-corrected chi connectivity index (χ3v) is 3.50. The molecule has 0 unspecified atom stereocenters. The predicted molar refractivity (Wildman–Crippen MR) is 66.5 cm³/mol. The Kier molecular flexibility index (Phi) is 4.30. The van der Waals surface area contributed by atoms with Crippen LogP contribution in [0.1, 0.15) is 53.0 Å². The van der Waals surface area contributed by atoms with E-state index in [-0.39, 0.29) is 11.3 Å². The van der Waals surface area contributed by atoms with Crippen molar-refractivity contribution in [2.75, 3.05) is 7.11 Å². The van der Waals surface area contributed by atoms with Crippen molar-refractivity contribution in [1.29, 1.82) is 0 Å². The van der Waals surface area contributed by atoms with Crippen LogP contribution in [0.4, 0.5) is 13.2 Å². The first-order valence-corrected chi connectivity index (χ1v) is 6.62. The number of rotatable bonds is 1. The molecule has 1 aromatic rings. The minimum atomic E-state index is -4.55. The summed E-state index contributed by atoms with van der Waals surface area (Å²) in [6, 6.07) is 1.45. The van der Waals surface area contributed by atoms with Gasteiger partial charge in [0.05, 0.1) is 7.11 Å². The molecule has 0 aliphatic heterocycles. The zero-order chi connectivity index (χ0) is 14.8. The van der Waals surface area contributed by atoms with Gasteiger partial charge in [-0.3, -0.25) is 0 Å². The minimum Gasteiger partial charge on any atom is -0.464 e. The van der Waals surface area contributed by atoms with Crippen molar-refractivity contribution in [2.45, 2.75) is 44.7 Å². The van der Waals surface area contributed by atoms with E-state index in [9.17, 15) is 18.0 Å². The molecular weight excluding hydrogens is 271 g/mol. The second-order valence-electron chi connectivity index (χ2n) is 4.90. The van der Waals surface area contributed by atoms with Crippen molar-refractivity contribution >= 4 is 5.97 Å². The van der Waals surface area contributed by atoms with Crippen LogP contribution < -0.4 is 0 Å². The maximum Gasteiger partial charge on any atom is 0.433 e. The minimum absolute atomic E-state index is 0.241. The molecule has 0 fully saturated rings. The van der Waals surface area contributed by atoms with Gasteiger partial charge >= 0.3 is 12.1 Å². The lowest BCUT2D eigenvalue weighted by molar-refractivity contribution is -0.142. The van der Waals surface area contributed by atoms with E-state index in [0.717, 1.165) is 32.8 Å². The SMILES string of the molecule is COC(=O)c1cc2c(c(C(F)(F)F)n1)CCCCCC2. The maximum atomic E-state index is 13.1. The molecule has 0 amide bonds. The summed E-state index contributed by atoms with van der Waals surface area (Å²) >= 11 is 0. The molecule has 0 spiro atoms. The second kappa shape index (κ2) is 5.81. The monoisotopic (exact) mass is 287 g/mol. The van der Waals surface area contributed by atoms with E-state index < -0.39 is 17.8 Å². The maximum absolute atomic E-state index is 13.1. The summed E-state index contributed by atoms with van der Waals surface area (Å²) in [4.78, 5) is 15.0. The summed E-state index contributed by atoms with van der Waals surface area (Å²) in [6.07, 6.45) is -0.173. The van der Waals surface area contributed by atoms with E-state index in [0.29, 0.717) is 18.4 Å². The lowest BCUT2D eigenvalue weighted by atomic mass is 9.91. The van der Waals surface area contributed by atoms with Crippen LogP contribution >= 0.6 is 0 Å². The summed E-state index contributed by atoms with van der Waals surface area (Å²) in [5.41, 5.74) is -0.381. The van der Waals surface area contributed by atoms with Gasteiger partial charge < -0.3 is 4.74 Å². The van der Waals surface area contributed by atoms with E-state index in [1.54, 1.807) is 0 Å². The van der Waals surface area contributed by atoms with Crippen LogP contribution in [0, 0.1) is 0 Å². The number of esters is 1. The first-order chi connectivity index (χ1) is 9.43. The topological polar surface area (TPSA) is 39.2 Å². The van der Waals surface area contributed by atoms with Gasteiger partial charge in [0.1, 0.15) is 11.4 Å². The summed E-state index contributed by atoms with van der Waals surface area (Å²) in [6.45, 7) is 0. The van der Waals surface area contributed by atoms with Crippen molar-refractivity contribution in [3.63, 3.8) is 0 Å². The van der Waals surface area contributed by atoms with Crippen LogP contribution in [0.5, 0.6) is 0 Å². The molecule has 0 atom stereocenters. The molecular formula is C14H16F3NO2. The van der Waals surface area contributed by atoms with E-state index in [1.807, 2.05) is 0 Å². The third kappa shape index (κ3) is 3.11. The fourth-order valence-corrected chi connectivity index (χ4v) is 2.54. The van der Waals surface area contributed by atoms with Gasteiger partial charge in [-0.05, 0) is 42.9 Å². The molecule has 2 rings (SSSR count). The number of pyridine rings is 1. The second-order valence-corrected chi connectivity index (χ2v) is 4.90. The molecule has 1 aromatic heterocycles. The highest BCUT2D eigenvalue weighted by Crippen LogP contribution is 2.34. The molecule has 20 heavy (non-hydrogen) atoms. The number of methoxy groups -OCH3 is 1. The highest BCUT2D eigenvalue weighted by atomic mass is 19.4. The highest BCUT2D eigenvalue weighted by molar-refractivity contribution is 5.87. The number of alkyl halides is 3. The molecule has 1 aliphatic rings. The van der Waals surface area contributed by atoms with Gasteiger partial charge in [0.2, 0.25) is 0 Å². The van der Waals surface area contributed by atoms with Crippen molar-refractivity contribution in [3.8, 4) is 0 Å². The molecule has 6 heteroatoms. The Balaban J connectivity index is 2.57. The molecule has 0 radical (unpaired) electrons. The standard InChI is InChI=1S/C14H16F3NO2/c1-20-13(19)11-8-9-6-4-2-3-5-7-10(9)12(18-11)14(15,16)17/h8H,2-7H2,1H3. The average Bonchev–Trinajstić information content (AvgIpc) is 2.36. The van der Waals surface area contributed by atoms with Gasteiger partial charge in [-0.15, -0.1) is 0 Å². The van der Waals surface area contributed by atoms with Gasteiger partial charge in [-0.1, -0.05) is 12.8 Å². The van der Waals surface area contributed by atoms with Crippen molar-refractivity contribution < 1.29 is 22.7 Å². The van der Waals surface area contributed by atoms with E-state index in [1.165, 1.54) is 6.07 Å². The number of aromatic nitrogens is 1. The Bertz CT molecular complexity index is 512. The molecule has 0 saturated heterocycles. The number of nitrogens with zero attached hydrogens (tertiary/aromatic N) is 1. The van der Waals surface area contributed by atoms with Crippen molar-refractivity contribution in [3.05, 3.63) is 28.6 Å². The van der Waals surface area contributed by atoms with Gasteiger partial charge in [0.15, 0.2) is 0 Å². The van der Waals surface area contributed by atoms with Crippen molar-refractivity contribution in [1.82, 2.24) is 4.98 Å². The average molecular weight is 287 g/mol. The van der Waals surface area contributed by atoms with E-state index in [4.69, 9.17) is 0 Å². The summed E-state index contributed by atoms with van der Waals surface area (Å²) in [7, 11) is 1.13. The lowest BCUT2D eigenvalue weighted by Gasteiger charge is -2.19. The van der Waals surface area contributed by atoms with Crippen molar-refractivity contribution in [2.24, 2.45) is 0 Å². The number of halogens is 3. The van der Waals surface area contributed by atoms with Crippen LogP contribution in [0.15, 0.2) is 6.07 Å². The zero-order valence-electron chi connectivity index (χ0n) is 11.2. The van der Waals surface area contributed by atoms with Crippen LogP contribution in [-0.2, 0) is 23.8 Å². The van der Waals surface area contributed by atoms with Crippen LogP contribution in [0.2, 0.25) is 0 Å².